The van der Waals surface area contributed by atoms with Crippen molar-refractivity contribution in [3.05, 3.63) is 65.5 Å². The lowest BCUT2D eigenvalue weighted by atomic mass is 9.98. The Morgan fingerprint density at radius 3 is 2.17 bits per heavy atom. The van der Waals surface area contributed by atoms with E-state index in [4.69, 9.17) is 10.5 Å². The van der Waals surface area contributed by atoms with Crippen LogP contribution in [0.25, 0.3) is 0 Å². The number of hydrogen-bond donors (Lipinski definition) is 2. The maximum atomic E-state index is 13.2. The molecular formula is C18H22ClFN2O2. The highest BCUT2D eigenvalue weighted by Gasteiger charge is 2.17. The van der Waals surface area contributed by atoms with Crippen LogP contribution < -0.4 is 15.8 Å². The number of halogens is 2. The number of nitrogens with two attached hydrogens (primary N) is 1. The molecule has 0 aromatic heterocycles. The Labute approximate surface area is 147 Å². The van der Waals surface area contributed by atoms with Crippen molar-refractivity contribution in [3.63, 3.8) is 0 Å². The minimum atomic E-state index is -0.341. The Kier molecular flexibility index (Phi) is 8.22. The van der Waals surface area contributed by atoms with Crippen LogP contribution in [0.1, 0.15) is 30.0 Å². The molecular weight excluding hydrogens is 331 g/mol. The molecule has 0 aliphatic heterocycles. The van der Waals surface area contributed by atoms with Gasteiger partial charge in [-0.3, -0.25) is 4.79 Å². The van der Waals surface area contributed by atoms with Crippen LogP contribution in [0.15, 0.2) is 48.5 Å². The van der Waals surface area contributed by atoms with Crippen molar-refractivity contribution in [3.8, 4) is 5.75 Å². The summed E-state index contributed by atoms with van der Waals surface area (Å²) in [5.41, 5.74) is 7.16. The van der Waals surface area contributed by atoms with Crippen LogP contribution in [0.4, 0.5) is 4.39 Å². The Morgan fingerprint density at radius 1 is 1.12 bits per heavy atom. The lowest BCUT2D eigenvalue weighted by Crippen LogP contribution is -2.29. The Morgan fingerprint density at radius 2 is 1.67 bits per heavy atom. The highest BCUT2D eigenvalue weighted by molar-refractivity contribution is 5.85. The summed E-state index contributed by atoms with van der Waals surface area (Å²) in [6, 6.07) is 13.2. The van der Waals surface area contributed by atoms with E-state index in [1.807, 2.05) is 24.3 Å². The fourth-order valence-corrected chi connectivity index (χ4v) is 2.31. The van der Waals surface area contributed by atoms with Crippen molar-refractivity contribution in [2.24, 2.45) is 5.73 Å². The number of carbonyl (C=O) groups excluding carboxylic acids is 1. The molecule has 0 aliphatic carbocycles. The molecule has 1 unspecified atom stereocenters. The molecule has 2 aromatic rings. The standard InChI is InChI=1S/C18H21FN2O2.ClH/c1-23-16-10-6-14(7-11-16)18(21-17(22)3-2-12-20)13-4-8-15(19)9-5-13;/h4-11,18H,2-3,12,20H2,1H3,(H,21,22);1H. The second kappa shape index (κ2) is 9.90. The third-order valence-electron chi connectivity index (χ3n) is 3.57. The van der Waals surface area contributed by atoms with E-state index >= 15 is 0 Å². The van der Waals surface area contributed by atoms with Crippen molar-refractivity contribution in [1.82, 2.24) is 5.32 Å². The van der Waals surface area contributed by atoms with Gasteiger partial charge in [-0.05, 0) is 48.4 Å². The van der Waals surface area contributed by atoms with E-state index in [-0.39, 0.29) is 30.2 Å². The summed E-state index contributed by atoms with van der Waals surface area (Å²) in [7, 11) is 1.60. The maximum Gasteiger partial charge on any atom is 0.220 e. The molecule has 3 N–H and O–H groups in total. The molecule has 130 valence electrons. The summed E-state index contributed by atoms with van der Waals surface area (Å²) in [4.78, 5) is 12.1. The van der Waals surface area contributed by atoms with Gasteiger partial charge < -0.3 is 15.8 Å². The minimum Gasteiger partial charge on any atom is -0.497 e. The molecule has 0 fully saturated rings. The Bertz CT molecular complexity index is 632. The Hall–Kier alpha value is -2.11. The molecule has 0 saturated carbocycles. The number of hydrogen-bond acceptors (Lipinski definition) is 3. The van der Waals surface area contributed by atoms with Gasteiger partial charge in [0.1, 0.15) is 11.6 Å². The quantitative estimate of drug-likeness (QED) is 0.804. The van der Waals surface area contributed by atoms with Crippen LogP contribution in [-0.4, -0.2) is 19.6 Å². The zero-order chi connectivity index (χ0) is 16.7. The summed E-state index contributed by atoms with van der Waals surface area (Å²) in [5.74, 6) is 0.346. The summed E-state index contributed by atoms with van der Waals surface area (Å²) < 4.78 is 18.3. The third-order valence-corrected chi connectivity index (χ3v) is 3.57. The molecule has 24 heavy (non-hydrogen) atoms. The molecule has 0 saturated heterocycles. The number of methoxy groups -OCH3 is 1. The molecule has 2 aromatic carbocycles. The zero-order valence-electron chi connectivity index (χ0n) is 13.5. The normalized spacial score (nSPS) is 11.3. The molecule has 6 heteroatoms. The smallest absolute Gasteiger partial charge is 0.220 e. The van der Waals surface area contributed by atoms with E-state index in [9.17, 15) is 9.18 Å². The van der Waals surface area contributed by atoms with Gasteiger partial charge >= 0.3 is 0 Å². The zero-order valence-corrected chi connectivity index (χ0v) is 14.3. The fourth-order valence-electron chi connectivity index (χ4n) is 2.31. The van der Waals surface area contributed by atoms with Crippen molar-refractivity contribution >= 4 is 18.3 Å². The molecule has 0 heterocycles. The first kappa shape index (κ1) is 19.9. The highest BCUT2D eigenvalue weighted by Crippen LogP contribution is 2.24. The van der Waals surface area contributed by atoms with Gasteiger partial charge in [-0.25, -0.2) is 4.39 Å². The largest absolute Gasteiger partial charge is 0.497 e. The van der Waals surface area contributed by atoms with Gasteiger partial charge in [-0.2, -0.15) is 0 Å². The topological polar surface area (TPSA) is 64.3 Å². The molecule has 1 amide bonds. The van der Waals surface area contributed by atoms with E-state index in [1.54, 1.807) is 19.2 Å². The molecule has 4 nitrogen and oxygen atoms in total. The number of amides is 1. The predicted octanol–water partition coefficient (Wildman–Crippen LogP) is 3.20. The maximum absolute atomic E-state index is 13.2. The van der Waals surface area contributed by atoms with Crippen LogP contribution in [0, 0.1) is 5.82 Å². The van der Waals surface area contributed by atoms with Crippen LogP contribution in [0.3, 0.4) is 0 Å². The third kappa shape index (κ3) is 5.51. The van der Waals surface area contributed by atoms with Crippen molar-refractivity contribution in [1.29, 1.82) is 0 Å². The monoisotopic (exact) mass is 352 g/mol. The molecule has 2 rings (SSSR count). The van der Waals surface area contributed by atoms with Crippen LogP contribution in [0.2, 0.25) is 0 Å². The Balaban J connectivity index is 0.00000288. The fraction of sp³-hybridized carbons (Fsp3) is 0.278. The van der Waals surface area contributed by atoms with Gasteiger partial charge in [0.2, 0.25) is 5.91 Å². The van der Waals surface area contributed by atoms with E-state index in [0.29, 0.717) is 19.4 Å². The minimum absolute atomic E-state index is 0. The van der Waals surface area contributed by atoms with Gasteiger partial charge in [-0.1, -0.05) is 24.3 Å². The lowest BCUT2D eigenvalue weighted by Gasteiger charge is -2.20. The number of carbonyl (C=O) groups is 1. The van der Waals surface area contributed by atoms with Crippen molar-refractivity contribution in [2.75, 3.05) is 13.7 Å². The molecule has 0 radical (unpaired) electrons. The van der Waals surface area contributed by atoms with Crippen LogP contribution in [-0.2, 0) is 4.79 Å². The molecule has 0 aliphatic rings. The average Bonchev–Trinajstić information content (AvgIpc) is 2.59. The van der Waals surface area contributed by atoms with E-state index < -0.39 is 0 Å². The number of nitrogens with one attached hydrogen (secondary N) is 1. The van der Waals surface area contributed by atoms with Gasteiger partial charge in [0.25, 0.3) is 0 Å². The highest BCUT2D eigenvalue weighted by atomic mass is 35.5. The van der Waals surface area contributed by atoms with Crippen LogP contribution in [0.5, 0.6) is 5.75 Å². The first-order valence-corrected chi connectivity index (χ1v) is 7.53. The van der Waals surface area contributed by atoms with Crippen molar-refractivity contribution < 1.29 is 13.9 Å². The second-order valence-corrected chi connectivity index (χ2v) is 5.22. The predicted molar refractivity (Wildman–Crippen MR) is 94.9 cm³/mol. The molecule has 1 atom stereocenters. The van der Waals surface area contributed by atoms with E-state index in [2.05, 4.69) is 5.32 Å². The summed E-state index contributed by atoms with van der Waals surface area (Å²) in [5, 5.41) is 2.98. The number of benzene rings is 2. The number of ether oxygens (including phenoxy) is 1. The summed E-state index contributed by atoms with van der Waals surface area (Å²) in [6.45, 7) is 0.469. The SMILES string of the molecule is COc1ccc(C(NC(=O)CCCN)c2ccc(F)cc2)cc1.Cl. The van der Waals surface area contributed by atoms with Gasteiger partial charge in [-0.15, -0.1) is 12.4 Å². The average molecular weight is 353 g/mol. The second-order valence-electron chi connectivity index (χ2n) is 5.22. The van der Waals surface area contributed by atoms with Gasteiger partial charge in [0.05, 0.1) is 13.2 Å². The van der Waals surface area contributed by atoms with E-state index in [1.165, 1.54) is 12.1 Å². The summed E-state index contributed by atoms with van der Waals surface area (Å²) in [6.07, 6.45) is 0.995. The molecule has 0 spiro atoms. The van der Waals surface area contributed by atoms with Crippen molar-refractivity contribution in [2.45, 2.75) is 18.9 Å². The molecule has 0 bridgehead atoms. The first-order valence-electron chi connectivity index (χ1n) is 7.53. The van der Waals surface area contributed by atoms with Gasteiger partial charge in [0, 0.05) is 6.42 Å². The first-order chi connectivity index (χ1) is 11.1. The lowest BCUT2D eigenvalue weighted by molar-refractivity contribution is -0.121. The number of rotatable bonds is 7. The summed E-state index contributed by atoms with van der Waals surface area (Å²) >= 11 is 0. The van der Waals surface area contributed by atoms with E-state index in [0.717, 1.165) is 16.9 Å². The van der Waals surface area contributed by atoms with Gasteiger partial charge in [0.15, 0.2) is 0 Å². The van der Waals surface area contributed by atoms with Crippen LogP contribution >= 0.6 is 12.4 Å².